The van der Waals surface area contributed by atoms with E-state index >= 15 is 0 Å². The quantitative estimate of drug-likeness (QED) is 0.659. The lowest BCUT2D eigenvalue weighted by Crippen LogP contribution is -2.45. The van der Waals surface area contributed by atoms with E-state index in [1.54, 1.807) is 39.8 Å². The molecule has 2 N–H and O–H groups in total. The van der Waals surface area contributed by atoms with E-state index in [0.717, 1.165) is 16.7 Å². The van der Waals surface area contributed by atoms with Crippen molar-refractivity contribution < 1.29 is 23.5 Å². The molecule has 0 spiro atoms. The van der Waals surface area contributed by atoms with E-state index in [-0.39, 0.29) is 25.3 Å². The Morgan fingerprint density at radius 3 is 2.62 bits per heavy atom. The van der Waals surface area contributed by atoms with Crippen molar-refractivity contribution in [2.75, 3.05) is 0 Å². The topological polar surface area (TPSA) is 116 Å². The van der Waals surface area contributed by atoms with E-state index in [0.29, 0.717) is 22.9 Å². The van der Waals surface area contributed by atoms with Crippen molar-refractivity contribution in [3.63, 3.8) is 0 Å². The third-order valence-corrected chi connectivity index (χ3v) is 5.08. The SMILES string of the molecule is C=C(C)c1oc(C)nc1-c1ccc2c(c1)CN(C(CCC(=O)OC(C)(C)C)C(N)=O)C2=O. The minimum absolute atomic E-state index is 0.0174. The maximum atomic E-state index is 13.0. The molecule has 2 aromatic rings. The molecule has 2 heterocycles. The molecule has 1 atom stereocenters. The summed E-state index contributed by atoms with van der Waals surface area (Å²) in [5.74, 6) is -0.283. The van der Waals surface area contributed by atoms with Crippen LogP contribution in [-0.2, 0) is 20.9 Å². The first-order chi connectivity index (χ1) is 14.9. The molecule has 0 aliphatic carbocycles. The van der Waals surface area contributed by atoms with E-state index in [4.69, 9.17) is 14.9 Å². The van der Waals surface area contributed by atoms with Gasteiger partial charge in [0.15, 0.2) is 11.7 Å². The Labute approximate surface area is 187 Å². The van der Waals surface area contributed by atoms with E-state index in [1.165, 1.54) is 4.90 Å². The Hall–Kier alpha value is -3.42. The molecule has 1 aromatic heterocycles. The number of carbonyl (C=O) groups is 3. The zero-order valence-electron chi connectivity index (χ0n) is 19.2. The second-order valence-electron chi connectivity index (χ2n) is 9.04. The minimum atomic E-state index is -0.911. The standard InChI is InChI=1S/C24H29N3O5/c1-13(2)21-20(26-14(3)31-21)15-7-8-17-16(11-15)12-27(23(17)30)18(22(25)29)9-10-19(28)32-24(4,5)6/h7-8,11,18H,1,9-10,12H2,2-6H3,(H2,25,29). The lowest BCUT2D eigenvalue weighted by molar-refractivity contribution is -0.155. The number of nitrogens with two attached hydrogens (primary N) is 1. The minimum Gasteiger partial charge on any atom is -0.460 e. The van der Waals surface area contributed by atoms with Gasteiger partial charge >= 0.3 is 5.97 Å². The molecule has 2 amide bonds. The van der Waals surface area contributed by atoms with Crippen molar-refractivity contribution in [2.45, 2.75) is 65.6 Å². The second-order valence-corrected chi connectivity index (χ2v) is 9.04. The smallest absolute Gasteiger partial charge is 0.306 e. The van der Waals surface area contributed by atoms with Gasteiger partial charge in [0.2, 0.25) is 5.91 Å². The summed E-state index contributed by atoms with van der Waals surface area (Å²) >= 11 is 0. The molecule has 0 saturated carbocycles. The average Bonchev–Trinajstić information content (AvgIpc) is 3.21. The normalized spacial score (nSPS) is 14.3. The predicted octanol–water partition coefficient (Wildman–Crippen LogP) is 3.61. The summed E-state index contributed by atoms with van der Waals surface area (Å²) in [6, 6.07) is 4.46. The molecule has 8 heteroatoms. The van der Waals surface area contributed by atoms with Crippen LogP contribution < -0.4 is 5.73 Å². The van der Waals surface area contributed by atoms with Crippen molar-refractivity contribution in [3.8, 4) is 11.3 Å². The first-order valence-electron chi connectivity index (χ1n) is 10.5. The molecule has 0 fully saturated rings. The van der Waals surface area contributed by atoms with Gasteiger partial charge in [-0.1, -0.05) is 12.6 Å². The molecule has 0 radical (unpaired) electrons. The highest BCUT2D eigenvalue weighted by Crippen LogP contribution is 2.33. The molecule has 8 nitrogen and oxygen atoms in total. The van der Waals surface area contributed by atoms with E-state index in [2.05, 4.69) is 11.6 Å². The summed E-state index contributed by atoms with van der Waals surface area (Å²) < 4.78 is 11.0. The third-order valence-electron chi connectivity index (χ3n) is 5.08. The van der Waals surface area contributed by atoms with Crippen LogP contribution in [0.2, 0.25) is 0 Å². The first-order valence-corrected chi connectivity index (χ1v) is 10.5. The number of fused-ring (bicyclic) bond motifs is 1. The lowest BCUT2D eigenvalue weighted by atomic mass is 10.0. The highest BCUT2D eigenvalue weighted by Gasteiger charge is 2.36. The number of aromatic nitrogens is 1. The molecule has 170 valence electrons. The number of ether oxygens (including phenoxy) is 1. The van der Waals surface area contributed by atoms with Crippen LogP contribution in [0.15, 0.2) is 29.2 Å². The number of carbonyl (C=O) groups excluding carboxylic acids is 3. The number of rotatable bonds is 7. The summed E-state index contributed by atoms with van der Waals surface area (Å²) in [4.78, 5) is 43.1. The van der Waals surface area contributed by atoms with Gasteiger partial charge < -0.3 is 19.8 Å². The monoisotopic (exact) mass is 439 g/mol. The van der Waals surface area contributed by atoms with Crippen molar-refractivity contribution in [2.24, 2.45) is 5.73 Å². The van der Waals surface area contributed by atoms with Crippen molar-refractivity contribution in [1.82, 2.24) is 9.88 Å². The van der Waals surface area contributed by atoms with Crippen molar-refractivity contribution in [3.05, 3.63) is 47.6 Å². The fourth-order valence-electron chi connectivity index (χ4n) is 3.75. The Morgan fingerprint density at radius 1 is 1.34 bits per heavy atom. The molecule has 1 aliphatic heterocycles. The van der Waals surface area contributed by atoms with Crippen LogP contribution in [0.3, 0.4) is 0 Å². The summed E-state index contributed by atoms with van der Waals surface area (Å²) in [6.45, 7) is 13.0. The van der Waals surface area contributed by atoms with Crippen LogP contribution in [0.4, 0.5) is 0 Å². The van der Waals surface area contributed by atoms with Gasteiger partial charge in [0.25, 0.3) is 5.91 Å². The van der Waals surface area contributed by atoms with Gasteiger partial charge in [-0.2, -0.15) is 0 Å². The third kappa shape index (κ3) is 4.90. The Morgan fingerprint density at radius 2 is 2.03 bits per heavy atom. The first kappa shape index (κ1) is 23.2. The number of amides is 2. The maximum absolute atomic E-state index is 13.0. The summed E-state index contributed by atoms with van der Waals surface area (Å²) in [5.41, 5.74) is 8.40. The number of allylic oxidation sites excluding steroid dienone is 1. The van der Waals surface area contributed by atoms with Crippen molar-refractivity contribution >= 4 is 23.4 Å². The van der Waals surface area contributed by atoms with Crippen LogP contribution in [0.5, 0.6) is 0 Å². The van der Waals surface area contributed by atoms with Gasteiger partial charge in [0.05, 0.1) is 0 Å². The molecule has 1 aliphatic rings. The van der Waals surface area contributed by atoms with E-state index in [9.17, 15) is 14.4 Å². The van der Waals surface area contributed by atoms with Gasteiger partial charge in [-0.15, -0.1) is 0 Å². The Balaban J connectivity index is 1.82. The lowest BCUT2D eigenvalue weighted by Gasteiger charge is -2.25. The molecule has 3 rings (SSSR count). The van der Waals surface area contributed by atoms with E-state index < -0.39 is 23.5 Å². The zero-order chi connectivity index (χ0) is 23.8. The predicted molar refractivity (Wildman–Crippen MR) is 119 cm³/mol. The van der Waals surface area contributed by atoms with Gasteiger partial charge in [-0.05, 0) is 57.4 Å². The fourth-order valence-corrected chi connectivity index (χ4v) is 3.75. The highest BCUT2D eigenvalue weighted by molar-refractivity contribution is 6.01. The van der Waals surface area contributed by atoms with Gasteiger partial charge in [-0.3, -0.25) is 14.4 Å². The summed E-state index contributed by atoms with van der Waals surface area (Å²) in [5, 5.41) is 0. The number of aryl methyl sites for hydroxylation is 1. The second kappa shape index (κ2) is 8.61. The molecule has 0 bridgehead atoms. The highest BCUT2D eigenvalue weighted by atomic mass is 16.6. The molecular weight excluding hydrogens is 410 g/mol. The molecular formula is C24H29N3O5. The number of oxazole rings is 1. The molecule has 0 saturated heterocycles. The zero-order valence-corrected chi connectivity index (χ0v) is 19.2. The van der Waals surface area contributed by atoms with Crippen LogP contribution >= 0.6 is 0 Å². The Kier molecular flexibility index (Phi) is 6.25. The number of hydrogen-bond acceptors (Lipinski definition) is 6. The van der Waals surface area contributed by atoms with Gasteiger partial charge in [0, 0.05) is 31.0 Å². The number of benzene rings is 1. The van der Waals surface area contributed by atoms with Crippen LogP contribution in [0.25, 0.3) is 16.8 Å². The average molecular weight is 440 g/mol. The van der Waals surface area contributed by atoms with Crippen LogP contribution in [-0.4, -0.2) is 39.3 Å². The number of esters is 1. The van der Waals surface area contributed by atoms with Crippen LogP contribution in [0, 0.1) is 6.92 Å². The number of nitrogens with zero attached hydrogens (tertiary/aromatic N) is 2. The van der Waals surface area contributed by atoms with Gasteiger partial charge in [-0.25, -0.2) is 4.98 Å². The molecule has 32 heavy (non-hydrogen) atoms. The number of primary amides is 1. The van der Waals surface area contributed by atoms with Gasteiger partial charge in [0.1, 0.15) is 17.3 Å². The van der Waals surface area contributed by atoms with E-state index in [1.807, 2.05) is 13.0 Å². The Bertz CT molecular complexity index is 1090. The van der Waals surface area contributed by atoms with Crippen LogP contribution in [0.1, 0.15) is 68.1 Å². The largest absolute Gasteiger partial charge is 0.460 e. The molecule has 1 unspecified atom stereocenters. The fraction of sp³-hybridized carbons (Fsp3) is 0.417. The maximum Gasteiger partial charge on any atom is 0.306 e. The van der Waals surface area contributed by atoms with Crippen molar-refractivity contribution in [1.29, 1.82) is 0 Å². The number of hydrogen-bond donors (Lipinski definition) is 1. The summed E-state index contributed by atoms with van der Waals surface area (Å²) in [7, 11) is 0. The summed E-state index contributed by atoms with van der Waals surface area (Å²) in [6.07, 6.45) is 0.0789. The molecule has 1 aromatic carbocycles.